The van der Waals surface area contributed by atoms with Gasteiger partial charge in [0.05, 0.1) is 6.07 Å². The van der Waals surface area contributed by atoms with Crippen molar-refractivity contribution < 1.29 is 13.2 Å². The molecule has 0 spiro atoms. The van der Waals surface area contributed by atoms with Crippen molar-refractivity contribution in [2.45, 2.75) is 33.4 Å². The topological polar surface area (TPSA) is 53.0 Å². The molecular weight excluding hydrogens is 243 g/mol. The van der Waals surface area contributed by atoms with Gasteiger partial charge in [-0.05, 0) is 24.9 Å². The van der Waals surface area contributed by atoms with Crippen LogP contribution in [0.2, 0.25) is 0 Å². The van der Waals surface area contributed by atoms with Crippen LogP contribution in [0.3, 0.4) is 0 Å². The molecule has 0 saturated carbocycles. The molecule has 0 bridgehead atoms. The number of alkyl halides is 3. The summed E-state index contributed by atoms with van der Waals surface area (Å²) in [6, 6.07) is 1.34. The number of nitrogens with zero attached hydrogens (tertiary/aromatic N) is 2. The van der Waals surface area contributed by atoms with Gasteiger partial charge in [0.25, 0.3) is 0 Å². The fraction of sp³-hybridized carbons (Fsp3) is 0.917. The van der Waals surface area contributed by atoms with Crippen LogP contribution >= 0.6 is 0 Å². The third kappa shape index (κ3) is 6.22. The van der Waals surface area contributed by atoms with Crippen LogP contribution < -0.4 is 5.73 Å². The Balaban J connectivity index is 4.67. The molecule has 0 saturated heterocycles. The maximum atomic E-state index is 12.6. The second-order valence-electron chi connectivity index (χ2n) is 5.33. The van der Waals surface area contributed by atoms with E-state index in [0.717, 1.165) is 6.42 Å². The van der Waals surface area contributed by atoms with E-state index in [4.69, 9.17) is 11.0 Å². The highest BCUT2D eigenvalue weighted by Gasteiger charge is 2.41. The maximum Gasteiger partial charge on any atom is 0.405 e. The number of nitrogens with two attached hydrogens (primary N) is 1. The van der Waals surface area contributed by atoms with E-state index in [1.165, 1.54) is 6.07 Å². The van der Waals surface area contributed by atoms with E-state index in [1.54, 1.807) is 4.90 Å². The number of nitriles is 1. The summed E-state index contributed by atoms with van der Waals surface area (Å²) in [7, 11) is 0. The zero-order valence-corrected chi connectivity index (χ0v) is 11.2. The summed E-state index contributed by atoms with van der Waals surface area (Å²) < 4.78 is 37.7. The van der Waals surface area contributed by atoms with E-state index >= 15 is 0 Å². The molecule has 1 unspecified atom stereocenters. The maximum absolute atomic E-state index is 12.6. The molecule has 2 N–H and O–H groups in total. The van der Waals surface area contributed by atoms with Gasteiger partial charge in [0.1, 0.15) is 0 Å². The number of hydrogen-bond acceptors (Lipinski definition) is 3. The summed E-state index contributed by atoms with van der Waals surface area (Å²) in [5.41, 5.74) is 5.34. The van der Waals surface area contributed by atoms with Gasteiger partial charge in [-0.1, -0.05) is 20.8 Å². The fourth-order valence-electron chi connectivity index (χ4n) is 1.70. The first-order valence-electron chi connectivity index (χ1n) is 6.05. The third-order valence-corrected chi connectivity index (χ3v) is 2.74. The Morgan fingerprint density at radius 3 is 2.22 bits per heavy atom. The lowest BCUT2D eigenvalue weighted by Crippen LogP contribution is -2.43. The predicted molar refractivity (Wildman–Crippen MR) is 64.7 cm³/mol. The van der Waals surface area contributed by atoms with Crippen molar-refractivity contribution in [1.29, 1.82) is 5.26 Å². The Labute approximate surface area is 107 Å². The van der Waals surface area contributed by atoms with E-state index in [-0.39, 0.29) is 12.0 Å². The van der Waals surface area contributed by atoms with Crippen molar-refractivity contribution in [3.05, 3.63) is 0 Å². The third-order valence-electron chi connectivity index (χ3n) is 2.74. The highest BCUT2D eigenvalue weighted by atomic mass is 19.4. The minimum Gasteiger partial charge on any atom is -0.330 e. The molecule has 0 rings (SSSR count). The quantitative estimate of drug-likeness (QED) is 0.769. The molecule has 1 atom stereocenters. The van der Waals surface area contributed by atoms with Gasteiger partial charge in [0.2, 0.25) is 0 Å². The highest BCUT2D eigenvalue weighted by Crippen LogP contribution is 2.27. The number of hydrogen-bond donors (Lipinski definition) is 1. The Kier molecular flexibility index (Phi) is 6.64. The Morgan fingerprint density at radius 2 is 1.89 bits per heavy atom. The standard InChI is InChI=1S/C12H22F3N3/c1-4-5-18(9-11(2,3)8-17)7-10(6-16)12(13,14)15/h10H,4-5,7-9,17H2,1-3H3. The van der Waals surface area contributed by atoms with Crippen molar-refractivity contribution in [2.75, 3.05) is 26.2 Å². The second kappa shape index (κ2) is 6.95. The normalized spacial score (nSPS) is 14.6. The van der Waals surface area contributed by atoms with E-state index in [0.29, 0.717) is 19.6 Å². The first-order valence-corrected chi connectivity index (χ1v) is 6.05. The lowest BCUT2D eigenvalue weighted by atomic mass is 9.92. The van der Waals surface area contributed by atoms with Gasteiger partial charge >= 0.3 is 6.18 Å². The average Bonchev–Trinajstić information content (AvgIpc) is 2.24. The second-order valence-corrected chi connectivity index (χ2v) is 5.33. The molecule has 0 aliphatic carbocycles. The fourth-order valence-corrected chi connectivity index (χ4v) is 1.70. The largest absolute Gasteiger partial charge is 0.405 e. The summed E-state index contributed by atoms with van der Waals surface area (Å²) in [4.78, 5) is 1.67. The molecule has 0 fully saturated rings. The summed E-state index contributed by atoms with van der Waals surface area (Å²) >= 11 is 0. The molecule has 0 amide bonds. The SMILES string of the molecule is CCCN(CC(C#N)C(F)(F)F)CC(C)(C)CN. The van der Waals surface area contributed by atoms with Crippen LogP contribution in [0.1, 0.15) is 27.2 Å². The van der Waals surface area contributed by atoms with Crippen molar-refractivity contribution in [3.63, 3.8) is 0 Å². The molecule has 18 heavy (non-hydrogen) atoms. The molecule has 3 nitrogen and oxygen atoms in total. The molecule has 0 aliphatic rings. The molecule has 0 aromatic carbocycles. The molecule has 6 heteroatoms. The van der Waals surface area contributed by atoms with E-state index in [2.05, 4.69) is 0 Å². The van der Waals surface area contributed by atoms with Gasteiger partial charge in [-0.15, -0.1) is 0 Å². The number of rotatable bonds is 7. The minimum atomic E-state index is -4.46. The zero-order chi connectivity index (χ0) is 14.4. The van der Waals surface area contributed by atoms with Crippen molar-refractivity contribution in [2.24, 2.45) is 17.1 Å². The Hall–Kier alpha value is -0.800. The molecule has 0 heterocycles. The van der Waals surface area contributed by atoms with Gasteiger partial charge in [0, 0.05) is 13.1 Å². The summed E-state index contributed by atoms with van der Waals surface area (Å²) in [5, 5.41) is 8.61. The summed E-state index contributed by atoms with van der Waals surface area (Å²) in [6.45, 7) is 6.84. The average molecular weight is 265 g/mol. The molecule has 0 aromatic heterocycles. The number of halogens is 3. The Bertz CT molecular complexity index is 281. The van der Waals surface area contributed by atoms with Crippen molar-refractivity contribution in [3.8, 4) is 6.07 Å². The van der Waals surface area contributed by atoms with Crippen LogP contribution in [0.4, 0.5) is 13.2 Å². The molecular formula is C12H22F3N3. The Morgan fingerprint density at radius 1 is 1.33 bits per heavy atom. The van der Waals surface area contributed by atoms with Gasteiger partial charge in [-0.3, -0.25) is 0 Å². The lowest BCUT2D eigenvalue weighted by Gasteiger charge is -2.33. The van der Waals surface area contributed by atoms with Crippen LogP contribution in [0, 0.1) is 22.7 Å². The smallest absolute Gasteiger partial charge is 0.330 e. The molecule has 0 radical (unpaired) electrons. The predicted octanol–water partition coefficient (Wildman–Crippen LogP) is 2.39. The van der Waals surface area contributed by atoms with Gasteiger partial charge < -0.3 is 10.6 Å². The first kappa shape index (κ1) is 17.2. The van der Waals surface area contributed by atoms with E-state index in [1.807, 2.05) is 20.8 Å². The van der Waals surface area contributed by atoms with Crippen molar-refractivity contribution in [1.82, 2.24) is 4.90 Å². The summed E-state index contributed by atoms with van der Waals surface area (Å²) in [6.07, 6.45) is -3.72. The van der Waals surface area contributed by atoms with Crippen LogP contribution in [0.5, 0.6) is 0 Å². The highest BCUT2D eigenvalue weighted by molar-refractivity contribution is 4.91. The van der Waals surface area contributed by atoms with Crippen LogP contribution in [-0.2, 0) is 0 Å². The summed E-state index contributed by atoms with van der Waals surface area (Å²) in [5.74, 6) is -1.93. The van der Waals surface area contributed by atoms with Crippen LogP contribution in [0.25, 0.3) is 0 Å². The van der Waals surface area contributed by atoms with Crippen LogP contribution in [0.15, 0.2) is 0 Å². The van der Waals surface area contributed by atoms with Crippen molar-refractivity contribution >= 4 is 0 Å². The minimum absolute atomic E-state index is 0.249. The van der Waals surface area contributed by atoms with Gasteiger partial charge in [-0.25, -0.2) is 0 Å². The molecule has 0 aliphatic heterocycles. The molecule has 0 aromatic rings. The first-order chi connectivity index (χ1) is 8.16. The zero-order valence-electron chi connectivity index (χ0n) is 11.2. The van der Waals surface area contributed by atoms with E-state index < -0.39 is 12.1 Å². The monoisotopic (exact) mass is 265 g/mol. The van der Waals surface area contributed by atoms with Gasteiger partial charge in [0.15, 0.2) is 5.92 Å². The van der Waals surface area contributed by atoms with Crippen LogP contribution in [-0.4, -0.2) is 37.3 Å². The molecule has 106 valence electrons. The van der Waals surface area contributed by atoms with Gasteiger partial charge in [-0.2, -0.15) is 18.4 Å². The van der Waals surface area contributed by atoms with E-state index in [9.17, 15) is 13.2 Å². The lowest BCUT2D eigenvalue weighted by molar-refractivity contribution is -0.163.